The lowest BCUT2D eigenvalue weighted by molar-refractivity contribution is 0.155. The van der Waals surface area contributed by atoms with Crippen LogP contribution in [0.1, 0.15) is 24.4 Å². The molecule has 6 heteroatoms. The average molecular weight is 384 g/mol. The molecule has 0 aromatic heterocycles. The monoisotopic (exact) mass is 382 g/mol. The Kier molecular flexibility index (Phi) is 7.09. The minimum atomic E-state index is 0. The lowest BCUT2D eigenvalue weighted by Gasteiger charge is -2.36. The summed E-state index contributed by atoms with van der Waals surface area (Å²) in [5.41, 5.74) is 1.25. The van der Waals surface area contributed by atoms with Crippen LogP contribution in [0.5, 0.6) is 5.75 Å². The maximum absolute atomic E-state index is 9.74. The van der Waals surface area contributed by atoms with E-state index >= 15 is 0 Å². The number of benzene rings is 1. The summed E-state index contributed by atoms with van der Waals surface area (Å²) >= 11 is 3.64. The maximum atomic E-state index is 9.74. The first kappa shape index (κ1) is 18.1. The summed E-state index contributed by atoms with van der Waals surface area (Å²) in [6.45, 7) is 4.34. The van der Waals surface area contributed by atoms with Crippen LogP contribution >= 0.6 is 40.7 Å². The molecule has 1 aliphatic heterocycles. The van der Waals surface area contributed by atoms with Crippen LogP contribution in [0.25, 0.3) is 0 Å². The predicted molar refractivity (Wildman–Crippen MR) is 90.2 cm³/mol. The van der Waals surface area contributed by atoms with E-state index < -0.39 is 0 Å². The lowest BCUT2D eigenvalue weighted by Crippen LogP contribution is -2.45. The summed E-state index contributed by atoms with van der Waals surface area (Å²) in [7, 11) is 0. The highest BCUT2D eigenvalue weighted by atomic mass is 79.9. The number of phenolic OH excluding ortho intramolecular Hbond substituents is 1. The van der Waals surface area contributed by atoms with Gasteiger partial charge < -0.3 is 10.4 Å². The van der Waals surface area contributed by atoms with E-state index in [2.05, 4.69) is 26.1 Å². The van der Waals surface area contributed by atoms with Gasteiger partial charge in [0.05, 0.1) is 0 Å². The van der Waals surface area contributed by atoms with Gasteiger partial charge >= 0.3 is 0 Å². The average Bonchev–Trinajstić information content (AvgIpc) is 3.20. The molecule has 0 radical (unpaired) electrons. The zero-order chi connectivity index (χ0) is 12.5. The SMILES string of the molecule is Cl.Cl.Oc1ccc(Br)c([C@@H](C2CC2)N2CCNCC2)c1. The highest BCUT2D eigenvalue weighted by molar-refractivity contribution is 9.10. The maximum Gasteiger partial charge on any atom is 0.115 e. The Balaban J connectivity index is 0.000001000. The summed E-state index contributed by atoms with van der Waals surface area (Å²) in [6, 6.07) is 6.10. The third-order valence-corrected chi connectivity index (χ3v) is 4.63. The first-order valence-corrected chi connectivity index (χ1v) is 7.48. The van der Waals surface area contributed by atoms with Crippen molar-refractivity contribution < 1.29 is 5.11 Å². The molecule has 0 unspecified atom stereocenters. The number of nitrogens with zero attached hydrogens (tertiary/aromatic N) is 1. The molecule has 2 aliphatic rings. The fourth-order valence-corrected chi connectivity index (χ4v) is 3.36. The van der Waals surface area contributed by atoms with Crippen molar-refractivity contribution in [3.63, 3.8) is 0 Å². The van der Waals surface area contributed by atoms with Crippen LogP contribution in [0.15, 0.2) is 22.7 Å². The van der Waals surface area contributed by atoms with E-state index in [9.17, 15) is 5.11 Å². The number of piperazine rings is 1. The number of hydrogen-bond donors (Lipinski definition) is 2. The number of halogens is 3. The van der Waals surface area contributed by atoms with Gasteiger partial charge in [0.15, 0.2) is 0 Å². The number of hydrogen-bond acceptors (Lipinski definition) is 3. The highest BCUT2D eigenvalue weighted by Crippen LogP contribution is 2.47. The lowest BCUT2D eigenvalue weighted by atomic mass is 9.99. The Morgan fingerprint density at radius 1 is 1.20 bits per heavy atom. The molecule has 1 aromatic carbocycles. The minimum absolute atomic E-state index is 0. The second kappa shape index (κ2) is 7.85. The van der Waals surface area contributed by atoms with Crippen LogP contribution in [0.4, 0.5) is 0 Å². The summed E-state index contributed by atoms with van der Waals surface area (Å²) in [4.78, 5) is 2.56. The van der Waals surface area contributed by atoms with E-state index in [1.54, 1.807) is 6.07 Å². The standard InChI is InChI=1S/C14H19BrN2O.2ClH/c15-13-4-3-11(18)9-12(13)14(10-1-2-10)17-7-5-16-6-8-17;;/h3-4,9-10,14,16,18H,1-2,5-8H2;2*1H/t14-;;/m1../s1. The molecule has 1 heterocycles. The summed E-state index contributed by atoms with van der Waals surface area (Å²) in [5, 5.41) is 13.1. The van der Waals surface area contributed by atoms with Crippen molar-refractivity contribution in [3.8, 4) is 5.75 Å². The molecule has 1 saturated carbocycles. The third kappa shape index (κ3) is 4.01. The van der Waals surface area contributed by atoms with E-state index in [-0.39, 0.29) is 24.8 Å². The van der Waals surface area contributed by atoms with Gasteiger partial charge in [-0.3, -0.25) is 4.90 Å². The molecular formula is C14H21BrCl2N2O. The van der Waals surface area contributed by atoms with Gasteiger partial charge in [0.2, 0.25) is 0 Å². The topological polar surface area (TPSA) is 35.5 Å². The zero-order valence-electron chi connectivity index (χ0n) is 11.2. The molecule has 1 atom stereocenters. The number of phenols is 1. The second-order valence-corrected chi connectivity index (χ2v) is 6.13. The quantitative estimate of drug-likeness (QED) is 0.839. The number of nitrogens with one attached hydrogen (secondary N) is 1. The van der Waals surface area contributed by atoms with E-state index in [0.29, 0.717) is 11.8 Å². The Morgan fingerprint density at radius 3 is 2.45 bits per heavy atom. The van der Waals surface area contributed by atoms with E-state index in [0.717, 1.165) is 36.6 Å². The molecule has 2 fully saturated rings. The second-order valence-electron chi connectivity index (χ2n) is 5.27. The van der Waals surface area contributed by atoms with Crippen molar-refractivity contribution >= 4 is 40.7 Å². The van der Waals surface area contributed by atoms with Crippen LogP contribution in [0, 0.1) is 5.92 Å². The largest absolute Gasteiger partial charge is 0.508 e. The first-order valence-electron chi connectivity index (χ1n) is 6.69. The molecule has 20 heavy (non-hydrogen) atoms. The van der Waals surface area contributed by atoms with Crippen LogP contribution in [0.3, 0.4) is 0 Å². The molecule has 0 amide bonds. The summed E-state index contributed by atoms with van der Waals surface area (Å²) in [5.74, 6) is 1.13. The van der Waals surface area contributed by atoms with E-state index in [1.165, 1.54) is 18.4 Å². The van der Waals surface area contributed by atoms with Gasteiger partial charge in [-0.05, 0) is 42.5 Å². The van der Waals surface area contributed by atoms with Gasteiger partial charge in [-0.25, -0.2) is 0 Å². The smallest absolute Gasteiger partial charge is 0.115 e. The van der Waals surface area contributed by atoms with Gasteiger partial charge in [-0.2, -0.15) is 0 Å². The van der Waals surface area contributed by atoms with Crippen molar-refractivity contribution in [1.82, 2.24) is 10.2 Å². The highest BCUT2D eigenvalue weighted by Gasteiger charge is 2.37. The van der Waals surface area contributed by atoms with Gasteiger partial charge in [-0.1, -0.05) is 15.9 Å². The molecule has 3 rings (SSSR count). The molecule has 1 aromatic rings. The van der Waals surface area contributed by atoms with Gasteiger partial charge in [-0.15, -0.1) is 24.8 Å². The minimum Gasteiger partial charge on any atom is -0.508 e. The van der Waals surface area contributed by atoms with Crippen molar-refractivity contribution in [2.45, 2.75) is 18.9 Å². The Morgan fingerprint density at radius 2 is 1.85 bits per heavy atom. The zero-order valence-corrected chi connectivity index (χ0v) is 14.4. The number of aromatic hydroxyl groups is 1. The molecule has 1 saturated heterocycles. The fraction of sp³-hybridized carbons (Fsp3) is 0.571. The van der Waals surface area contributed by atoms with Crippen LogP contribution in [-0.2, 0) is 0 Å². The molecule has 114 valence electrons. The van der Waals surface area contributed by atoms with Gasteiger partial charge in [0.1, 0.15) is 5.75 Å². The summed E-state index contributed by atoms with van der Waals surface area (Å²) < 4.78 is 1.12. The van der Waals surface area contributed by atoms with Crippen molar-refractivity contribution in [2.24, 2.45) is 5.92 Å². The van der Waals surface area contributed by atoms with Crippen molar-refractivity contribution in [3.05, 3.63) is 28.2 Å². The van der Waals surface area contributed by atoms with Crippen LogP contribution < -0.4 is 5.32 Å². The molecular weight excluding hydrogens is 363 g/mol. The van der Waals surface area contributed by atoms with Crippen LogP contribution in [0.2, 0.25) is 0 Å². The Hall–Kier alpha value is -0.000000000000000111. The molecule has 0 spiro atoms. The number of rotatable bonds is 3. The van der Waals surface area contributed by atoms with Crippen LogP contribution in [-0.4, -0.2) is 36.2 Å². The van der Waals surface area contributed by atoms with Crippen molar-refractivity contribution in [2.75, 3.05) is 26.2 Å². The molecule has 0 bridgehead atoms. The third-order valence-electron chi connectivity index (χ3n) is 3.91. The molecule has 2 N–H and O–H groups in total. The van der Waals surface area contributed by atoms with E-state index in [4.69, 9.17) is 0 Å². The predicted octanol–water partition coefficient (Wildman–Crippen LogP) is 3.35. The molecule has 1 aliphatic carbocycles. The van der Waals surface area contributed by atoms with Gasteiger partial charge in [0.25, 0.3) is 0 Å². The Labute approximate surface area is 141 Å². The van der Waals surface area contributed by atoms with Crippen molar-refractivity contribution in [1.29, 1.82) is 0 Å². The van der Waals surface area contributed by atoms with Gasteiger partial charge in [0, 0.05) is 36.7 Å². The van der Waals surface area contributed by atoms with E-state index in [1.807, 2.05) is 12.1 Å². The normalized spacial score (nSPS) is 20.6. The fourth-order valence-electron chi connectivity index (χ4n) is 2.88. The Bertz CT molecular complexity index is 437. The molecule has 3 nitrogen and oxygen atoms in total. The first-order chi connectivity index (χ1) is 8.75. The summed E-state index contributed by atoms with van der Waals surface area (Å²) in [6.07, 6.45) is 2.63.